The Labute approximate surface area is 57.7 Å². The van der Waals surface area contributed by atoms with Gasteiger partial charge in [-0.1, -0.05) is 6.07 Å². The van der Waals surface area contributed by atoms with Gasteiger partial charge in [0.15, 0.2) is 0 Å². The monoisotopic (exact) mass is 141 g/mol. The average molecular weight is 141 g/mol. The second kappa shape index (κ2) is 2.64. The quantitative estimate of drug-likeness (QED) is 0.630. The lowest BCUT2D eigenvalue weighted by Crippen LogP contribution is -2.06. The van der Waals surface area contributed by atoms with E-state index in [1.54, 1.807) is 6.07 Å². The predicted molar refractivity (Wildman–Crippen MR) is 36.6 cm³/mol. The van der Waals surface area contributed by atoms with Crippen molar-refractivity contribution >= 4 is 0 Å². The average Bonchev–Trinajstić information content (AvgIpc) is 1.88. The van der Waals surface area contributed by atoms with Gasteiger partial charge in [0.05, 0.1) is 5.69 Å². The van der Waals surface area contributed by atoms with Crippen LogP contribution in [0.2, 0.25) is 0 Å². The maximum atomic E-state index is 12.4. The number of alkyl halides is 1. The third-order valence-corrected chi connectivity index (χ3v) is 1.22. The summed E-state index contributed by atoms with van der Waals surface area (Å²) in [6.07, 6.45) is -1.10. The largest absolute Gasteiger partial charge is 0.323 e. The van der Waals surface area contributed by atoms with Crippen molar-refractivity contribution in [3.05, 3.63) is 34.2 Å². The number of halogens is 1. The van der Waals surface area contributed by atoms with E-state index in [1.165, 1.54) is 19.1 Å². The van der Waals surface area contributed by atoms with Crippen LogP contribution in [0.1, 0.15) is 18.8 Å². The van der Waals surface area contributed by atoms with Crippen LogP contribution in [0.3, 0.4) is 0 Å². The topological polar surface area (TPSA) is 32.9 Å². The van der Waals surface area contributed by atoms with Gasteiger partial charge < -0.3 is 4.98 Å². The molecule has 1 atom stereocenters. The summed E-state index contributed by atoms with van der Waals surface area (Å²) in [5, 5.41) is 0. The molecule has 1 aromatic heterocycles. The van der Waals surface area contributed by atoms with Crippen LogP contribution in [-0.2, 0) is 0 Å². The minimum absolute atomic E-state index is 0.262. The molecule has 0 aromatic carbocycles. The molecule has 0 aliphatic carbocycles. The summed E-state index contributed by atoms with van der Waals surface area (Å²) in [5.41, 5.74) is 0.0644. The van der Waals surface area contributed by atoms with Gasteiger partial charge in [-0.2, -0.15) is 0 Å². The Kier molecular flexibility index (Phi) is 1.85. The Morgan fingerprint density at radius 3 is 2.70 bits per heavy atom. The summed E-state index contributed by atoms with van der Waals surface area (Å²) in [6.45, 7) is 1.38. The van der Waals surface area contributed by atoms with Crippen molar-refractivity contribution in [2.24, 2.45) is 0 Å². The Balaban J connectivity index is 3.07. The zero-order chi connectivity index (χ0) is 7.56. The number of aromatic amines is 1. The fraction of sp³-hybridized carbons (Fsp3) is 0.286. The molecule has 0 spiro atoms. The predicted octanol–water partition coefficient (Wildman–Crippen LogP) is 1.41. The zero-order valence-corrected chi connectivity index (χ0v) is 5.60. The molecule has 2 nitrogen and oxygen atoms in total. The lowest BCUT2D eigenvalue weighted by Gasteiger charge is -1.98. The highest BCUT2D eigenvalue weighted by Gasteiger charge is 2.00. The number of H-pyrrole nitrogens is 1. The van der Waals surface area contributed by atoms with Crippen molar-refractivity contribution < 1.29 is 4.39 Å². The molecule has 0 aliphatic heterocycles. The summed E-state index contributed by atoms with van der Waals surface area (Å²) in [4.78, 5) is 12.9. The van der Waals surface area contributed by atoms with E-state index in [0.717, 1.165) is 0 Å². The van der Waals surface area contributed by atoms with Gasteiger partial charge in [0.25, 0.3) is 0 Å². The molecule has 10 heavy (non-hydrogen) atoms. The highest BCUT2D eigenvalue weighted by atomic mass is 19.1. The Hall–Kier alpha value is -1.12. The van der Waals surface area contributed by atoms with E-state index in [1.807, 2.05) is 0 Å². The molecule has 0 saturated heterocycles. The van der Waals surface area contributed by atoms with E-state index in [9.17, 15) is 9.18 Å². The second-order valence-corrected chi connectivity index (χ2v) is 2.09. The van der Waals surface area contributed by atoms with Gasteiger partial charge in [0.1, 0.15) is 6.17 Å². The van der Waals surface area contributed by atoms with E-state index in [0.29, 0.717) is 5.69 Å². The number of aromatic nitrogens is 1. The zero-order valence-electron chi connectivity index (χ0n) is 5.60. The first-order valence-corrected chi connectivity index (χ1v) is 3.03. The standard InChI is InChI=1S/C7H8FNO/c1-5(8)6-3-2-4-7(10)9-6/h2-5H,1H3,(H,9,10). The number of nitrogens with one attached hydrogen (secondary N) is 1. The Morgan fingerprint density at radius 1 is 1.60 bits per heavy atom. The smallest absolute Gasteiger partial charge is 0.248 e. The number of hydrogen-bond donors (Lipinski definition) is 1. The van der Waals surface area contributed by atoms with Crippen molar-refractivity contribution in [2.75, 3.05) is 0 Å². The van der Waals surface area contributed by atoms with E-state index < -0.39 is 6.17 Å². The normalized spacial score (nSPS) is 13.0. The molecule has 0 bridgehead atoms. The van der Waals surface area contributed by atoms with E-state index in [-0.39, 0.29) is 5.56 Å². The summed E-state index contributed by atoms with van der Waals surface area (Å²) in [7, 11) is 0. The van der Waals surface area contributed by atoms with Crippen LogP contribution in [0.15, 0.2) is 23.0 Å². The fourth-order valence-electron chi connectivity index (χ4n) is 0.697. The van der Waals surface area contributed by atoms with Gasteiger partial charge >= 0.3 is 0 Å². The van der Waals surface area contributed by atoms with Gasteiger partial charge in [-0.05, 0) is 13.0 Å². The molecule has 0 aliphatic rings. The molecule has 0 radical (unpaired) electrons. The second-order valence-electron chi connectivity index (χ2n) is 2.09. The molecule has 1 heterocycles. The van der Waals surface area contributed by atoms with Crippen LogP contribution in [0.4, 0.5) is 4.39 Å². The highest BCUT2D eigenvalue weighted by molar-refractivity contribution is 5.05. The molecule has 1 aromatic rings. The lowest BCUT2D eigenvalue weighted by atomic mass is 10.3. The van der Waals surface area contributed by atoms with Crippen LogP contribution >= 0.6 is 0 Å². The first-order valence-electron chi connectivity index (χ1n) is 3.03. The van der Waals surface area contributed by atoms with Gasteiger partial charge in [0.2, 0.25) is 5.56 Å². The molecule has 3 heteroatoms. The molecule has 0 amide bonds. The molecule has 1 rings (SSSR count). The lowest BCUT2D eigenvalue weighted by molar-refractivity contribution is 0.365. The van der Waals surface area contributed by atoms with Crippen molar-refractivity contribution in [1.29, 1.82) is 0 Å². The molecule has 0 fully saturated rings. The van der Waals surface area contributed by atoms with E-state index >= 15 is 0 Å². The summed E-state index contributed by atoms with van der Waals surface area (Å²) >= 11 is 0. The van der Waals surface area contributed by atoms with Crippen LogP contribution in [0.25, 0.3) is 0 Å². The Morgan fingerprint density at radius 2 is 2.30 bits per heavy atom. The summed E-state index contributed by atoms with van der Waals surface area (Å²) in [6, 6.07) is 4.43. The molecule has 1 N–H and O–H groups in total. The van der Waals surface area contributed by atoms with Crippen LogP contribution in [0, 0.1) is 0 Å². The maximum Gasteiger partial charge on any atom is 0.248 e. The van der Waals surface area contributed by atoms with Crippen molar-refractivity contribution in [2.45, 2.75) is 13.1 Å². The van der Waals surface area contributed by atoms with Crippen LogP contribution in [0.5, 0.6) is 0 Å². The van der Waals surface area contributed by atoms with Crippen LogP contribution < -0.4 is 5.56 Å². The molecule has 0 saturated carbocycles. The third-order valence-electron chi connectivity index (χ3n) is 1.22. The first-order chi connectivity index (χ1) is 4.70. The Bertz CT molecular complexity index is 266. The van der Waals surface area contributed by atoms with Crippen molar-refractivity contribution in [1.82, 2.24) is 4.98 Å². The highest BCUT2D eigenvalue weighted by Crippen LogP contribution is 2.09. The SMILES string of the molecule is CC(F)c1cccc(=O)[nH]1. The number of hydrogen-bond acceptors (Lipinski definition) is 1. The maximum absolute atomic E-state index is 12.4. The van der Waals surface area contributed by atoms with Gasteiger partial charge in [-0.25, -0.2) is 4.39 Å². The molecular weight excluding hydrogens is 133 g/mol. The fourth-order valence-corrected chi connectivity index (χ4v) is 0.697. The number of pyridine rings is 1. The van der Waals surface area contributed by atoms with Gasteiger partial charge in [-0.15, -0.1) is 0 Å². The first kappa shape index (κ1) is 6.99. The summed E-state index contributed by atoms with van der Waals surface area (Å²) in [5.74, 6) is 0. The van der Waals surface area contributed by atoms with Gasteiger partial charge in [-0.3, -0.25) is 4.79 Å². The van der Waals surface area contributed by atoms with E-state index in [4.69, 9.17) is 0 Å². The summed E-state index contributed by atoms with van der Waals surface area (Å²) < 4.78 is 12.4. The minimum Gasteiger partial charge on any atom is -0.323 e. The molecular formula is C7H8FNO. The van der Waals surface area contributed by atoms with Crippen LogP contribution in [-0.4, -0.2) is 4.98 Å². The van der Waals surface area contributed by atoms with Crippen molar-refractivity contribution in [3.8, 4) is 0 Å². The third kappa shape index (κ3) is 1.43. The van der Waals surface area contributed by atoms with Crippen molar-refractivity contribution in [3.63, 3.8) is 0 Å². The van der Waals surface area contributed by atoms with Gasteiger partial charge in [0, 0.05) is 6.07 Å². The molecule has 54 valence electrons. The number of rotatable bonds is 1. The van der Waals surface area contributed by atoms with E-state index in [2.05, 4.69) is 4.98 Å². The minimum atomic E-state index is -1.10. The molecule has 1 unspecified atom stereocenters.